The number of fused-ring (bicyclic) bond motifs is 1. The lowest BCUT2D eigenvalue weighted by atomic mass is 9.90. The SMILES string of the molecule is O=C(NCC1CC1)c1c(CC(=O)C2CC2)sc2c1C[C@@H](n1cnnc1Nc1ccncc1)CC2. The Morgan fingerprint density at radius 3 is 2.71 bits per heavy atom. The molecule has 3 aliphatic carbocycles. The second-order valence-corrected chi connectivity index (χ2v) is 10.9. The number of aromatic nitrogens is 4. The zero-order chi connectivity index (χ0) is 23.1. The zero-order valence-electron chi connectivity index (χ0n) is 19.0. The fraction of sp³-hybridized carbons (Fsp3) is 0.480. The van der Waals surface area contributed by atoms with Gasteiger partial charge in [0.1, 0.15) is 12.1 Å². The number of hydrogen-bond acceptors (Lipinski definition) is 7. The standard InChI is InChI=1S/C25H28N6O2S/c32-20(16-3-4-16)12-22-23(24(33)27-13-15-1-2-15)19-11-18(5-6-21(19)34-22)31-14-28-30-25(31)29-17-7-9-26-10-8-17/h7-10,14-16,18H,1-6,11-13H2,(H,27,33)(H,26,29,30)/t18-/m0/s1. The summed E-state index contributed by atoms with van der Waals surface area (Å²) in [6.07, 6.45) is 12.6. The minimum Gasteiger partial charge on any atom is -0.352 e. The molecule has 0 bridgehead atoms. The van der Waals surface area contributed by atoms with Crippen LogP contribution in [-0.2, 0) is 24.1 Å². The third-order valence-electron chi connectivity index (χ3n) is 7.05. The molecule has 3 aliphatic rings. The van der Waals surface area contributed by atoms with Gasteiger partial charge in [-0.3, -0.25) is 19.1 Å². The Hall–Kier alpha value is -3.07. The molecule has 3 heterocycles. The first kappa shape index (κ1) is 21.5. The molecule has 0 radical (unpaired) electrons. The molecule has 6 rings (SSSR count). The predicted molar refractivity (Wildman–Crippen MR) is 129 cm³/mol. The summed E-state index contributed by atoms with van der Waals surface area (Å²) in [4.78, 5) is 32.3. The number of nitrogens with one attached hydrogen (secondary N) is 2. The number of aryl methyl sites for hydroxylation is 1. The van der Waals surface area contributed by atoms with Crippen LogP contribution in [0.5, 0.6) is 0 Å². The highest BCUT2D eigenvalue weighted by Crippen LogP contribution is 2.41. The highest BCUT2D eigenvalue weighted by molar-refractivity contribution is 7.12. The Balaban J connectivity index is 1.27. The molecule has 0 unspecified atom stereocenters. The van der Waals surface area contributed by atoms with E-state index in [1.165, 1.54) is 17.7 Å². The van der Waals surface area contributed by atoms with Crippen LogP contribution in [0, 0.1) is 11.8 Å². The molecule has 1 atom stereocenters. The van der Waals surface area contributed by atoms with E-state index in [2.05, 4.69) is 30.4 Å². The second kappa shape index (κ2) is 8.94. The maximum atomic E-state index is 13.3. The molecule has 0 aromatic carbocycles. The number of Topliss-reactive ketones (excluding diaryl/α,β-unsaturated/α-hetero) is 1. The van der Waals surface area contributed by atoms with Crippen molar-refractivity contribution in [2.45, 2.75) is 57.4 Å². The number of nitrogens with zero attached hydrogens (tertiary/aromatic N) is 4. The van der Waals surface area contributed by atoms with E-state index in [1.54, 1.807) is 30.1 Å². The molecule has 2 saturated carbocycles. The number of carbonyl (C=O) groups excluding carboxylic acids is 2. The van der Waals surface area contributed by atoms with Crippen LogP contribution in [0.4, 0.5) is 11.6 Å². The summed E-state index contributed by atoms with van der Waals surface area (Å²) in [7, 11) is 0. The number of rotatable bonds is 9. The monoisotopic (exact) mass is 476 g/mol. The zero-order valence-corrected chi connectivity index (χ0v) is 19.8. The topological polar surface area (TPSA) is 102 Å². The first-order chi connectivity index (χ1) is 16.7. The largest absolute Gasteiger partial charge is 0.352 e. The van der Waals surface area contributed by atoms with Crippen molar-refractivity contribution in [3.8, 4) is 0 Å². The van der Waals surface area contributed by atoms with Crippen molar-refractivity contribution in [3.05, 3.63) is 51.7 Å². The van der Waals surface area contributed by atoms with E-state index in [9.17, 15) is 9.59 Å². The molecular formula is C25H28N6O2S. The van der Waals surface area contributed by atoms with Crippen molar-refractivity contribution in [3.63, 3.8) is 0 Å². The molecule has 176 valence electrons. The van der Waals surface area contributed by atoms with Crippen LogP contribution in [0.1, 0.15) is 63.8 Å². The van der Waals surface area contributed by atoms with Crippen molar-refractivity contribution in [1.29, 1.82) is 0 Å². The molecule has 0 spiro atoms. The maximum Gasteiger partial charge on any atom is 0.252 e. The summed E-state index contributed by atoms with van der Waals surface area (Å²) in [5.74, 6) is 1.77. The molecule has 1 amide bonds. The van der Waals surface area contributed by atoms with Gasteiger partial charge in [-0.25, -0.2) is 0 Å². The van der Waals surface area contributed by atoms with Gasteiger partial charge >= 0.3 is 0 Å². The Bertz CT molecular complexity index is 1210. The number of anilines is 2. The van der Waals surface area contributed by atoms with E-state index in [4.69, 9.17) is 0 Å². The number of amides is 1. The van der Waals surface area contributed by atoms with Gasteiger partial charge in [0.05, 0.1) is 5.56 Å². The molecule has 3 aromatic rings. The van der Waals surface area contributed by atoms with Gasteiger partial charge in [0.15, 0.2) is 0 Å². The molecule has 3 aromatic heterocycles. The summed E-state index contributed by atoms with van der Waals surface area (Å²) in [5, 5.41) is 14.9. The Kier molecular flexibility index (Phi) is 5.64. The fourth-order valence-corrected chi connectivity index (χ4v) is 6.13. The summed E-state index contributed by atoms with van der Waals surface area (Å²) in [6, 6.07) is 3.92. The van der Waals surface area contributed by atoms with Gasteiger partial charge in [0.25, 0.3) is 5.91 Å². The van der Waals surface area contributed by atoms with Gasteiger partial charge in [-0.15, -0.1) is 21.5 Å². The Morgan fingerprint density at radius 2 is 1.94 bits per heavy atom. The summed E-state index contributed by atoms with van der Waals surface area (Å²) >= 11 is 1.68. The quantitative estimate of drug-likeness (QED) is 0.486. The van der Waals surface area contributed by atoms with E-state index in [1.807, 2.05) is 12.1 Å². The third-order valence-corrected chi connectivity index (χ3v) is 8.35. The van der Waals surface area contributed by atoms with Crippen LogP contribution in [0.25, 0.3) is 0 Å². The van der Waals surface area contributed by atoms with Gasteiger partial charge in [-0.2, -0.15) is 0 Å². The molecule has 0 saturated heterocycles. The molecular weight excluding hydrogens is 448 g/mol. The van der Waals surface area contributed by atoms with Gasteiger partial charge in [0.2, 0.25) is 5.95 Å². The predicted octanol–water partition coefficient (Wildman–Crippen LogP) is 3.87. The normalized spacial score (nSPS) is 19.5. The first-order valence-corrected chi connectivity index (χ1v) is 13.0. The summed E-state index contributed by atoms with van der Waals surface area (Å²) in [5.41, 5.74) is 2.77. The lowest BCUT2D eigenvalue weighted by Crippen LogP contribution is -2.28. The maximum absolute atomic E-state index is 13.3. The third kappa shape index (κ3) is 4.49. The van der Waals surface area contributed by atoms with E-state index in [-0.39, 0.29) is 23.7 Å². The number of ketones is 1. The van der Waals surface area contributed by atoms with Crippen LogP contribution in [0.2, 0.25) is 0 Å². The van der Waals surface area contributed by atoms with E-state index in [0.29, 0.717) is 18.3 Å². The van der Waals surface area contributed by atoms with Crippen molar-refractivity contribution < 1.29 is 9.59 Å². The average molecular weight is 477 g/mol. The first-order valence-electron chi connectivity index (χ1n) is 12.2. The van der Waals surface area contributed by atoms with Gasteiger partial charge < -0.3 is 10.6 Å². The smallest absolute Gasteiger partial charge is 0.252 e. The summed E-state index contributed by atoms with van der Waals surface area (Å²) in [6.45, 7) is 0.730. The van der Waals surface area contributed by atoms with Crippen molar-refractivity contribution in [2.24, 2.45) is 11.8 Å². The van der Waals surface area contributed by atoms with Crippen LogP contribution in [0.15, 0.2) is 30.9 Å². The van der Waals surface area contributed by atoms with Crippen molar-refractivity contribution >= 4 is 34.7 Å². The Morgan fingerprint density at radius 1 is 1.12 bits per heavy atom. The highest BCUT2D eigenvalue weighted by Gasteiger charge is 2.35. The van der Waals surface area contributed by atoms with Gasteiger partial charge in [0, 0.05) is 52.8 Å². The Labute approximate surface area is 202 Å². The number of pyridine rings is 1. The molecule has 0 aliphatic heterocycles. The van der Waals surface area contributed by atoms with E-state index >= 15 is 0 Å². The average Bonchev–Trinajstić information content (AvgIpc) is 3.77. The minimum absolute atomic E-state index is 0.0115. The highest BCUT2D eigenvalue weighted by atomic mass is 32.1. The molecule has 2 fully saturated rings. The van der Waals surface area contributed by atoms with E-state index in [0.717, 1.165) is 60.3 Å². The molecule has 2 N–H and O–H groups in total. The van der Waals surface area contributed by atoms with Crippen LogP contribution >= 0.6 is 11.3 Å². The fourth-order valence-electron chi connectivity index (χ4n) is 4.77. The number of carbonyl (C=O) groups is 2. The lowest BCUT2D eigenvalue weighted by molar-refractivity contribution is -0.119. The lowest BCUT2D eigenvalue weighted by Gasteiger charge is -2.25. The molecule has 8 nitrogen and oxygen atoms in total. The van der Waals surface area contributed by atoms with Crippen LogP contribution in [-0.4, -0.2) is 38.0 Å². The van der Waals surface area contributed by atoms with Crippen LogP contribution < -0.4 is 10.6 Å². The molecule has 9 heteroatoms. The number of thiophene rings is 1. The van der Waals surface area contributed by atoms with Crippen LogP contribution in [0.3, 0.4) is 0 Å². The van der Waals surface area contributed by atoms with Gasteiger partial charge in [-0.05, 0) is 68.6 Å². The van der Waals surface area contributed by atoms with Gasteiger partial charge in [-0.1, -0.05) is 0 Å². The molecule has 34 heavy (non-hydrogen) atoms. The summed E-state index contributed by atoms with van der Waals surface area (Å²) < 4.78 is 2.07. The number of hydrogen-bond donors (Lipinski definition) is 2. The second-order valence-electron chi connectivity index (χ2n) is 9.69. The van der Waals surface area contributed by atoms with Crippen molar-refractivity contribution in [2.75, 3.05) is 11.9 Å². The van der Waals surface area contributed by atoms with E-state index < -0.39 is 0 Å². The minimum atomic E-state index is -0.0115. The van der Waals surface area contributed by atoms with Crippen molar-refractivity contribution in [1.82, 2.24) is 25.1 Å².